The molecule has 1 rings (SSSR count). The molecule has 2 atom stereocenters. The molecule has 0 spiro atoms. The van der Waals surface area contributed by atoms with Crippen molar-refractivity contribution in [3.05, 3.63) is 30.1 Å². The molecule has 2 N–H and O–H groups in total. The number of rotatable bonds is 7. The van der Waals surface area contributed by atoms with E-state index in [9.17, 15) is 4.39 Å². The molecule has 0 bridgehead atoms. The van der Waals surface area contributed by atoms with E-state index in [0.717, 1.165) is 18.9 Å². The first-order valence-corrected chi connectivity index (χ1v) is 7.52. The van der Waals surface area contributed by atoms with Crippen LogP contribution in [0.1, 0.15) is 34.1 Å². The maximum atomic E-state index is 12.8. The van der Waals surface area contributed by atoms with Gasteiger partial charge in [0.15, 0.2) is 5.96 Å². The van der Waals surface area contributed by atoms with Crippen molar-refractivity contribution in [3.8, 4) is 5.75 Å². The average molecular weight is 295 g/mol. The van der Waals surface area contributed by atoms with E-state index >= 15 is 0 Å². The van der Waals surface area contributed by atoms with E-state index in [1.807, 2.05) is 13.8 Å². The van der Waals surface area contributed by atoms with Gasteiger partial charge in [-0.15, -0.1) is 0 Å². The highest BCUT2D eigenvalue weighted by Crippen LogP contribution is 2.13. The van der Waals surface area contributed by atoms with Gasteiger partial charge in [-0.1, -0.05) is 6.92 Å². The van der Waals surface area contributed by atoms with Gasteiger partial charge < -0.3 is 15.4 Å². The highest BCUT2D eigenvalue weighted by molar-refractivity contribution is 5.80. The van der Waals surface area contributed by atoms with Crippen molar-refractivity contribution in [1.82, 2.24) is 10.6 Å². The van der Waals surface area contributed by atoms with Crippen molar-refractivity contribution in [3.63, 3.8) is 0 Å². The molecule has 1 aromatic carbocycles. The molecule has 0 saturated heterocycles. The summed E-state index contributed by atoms with van der Waals surface area (Å²) in [7, 11) is 0. The van der Waals surface area contributed by atoms with Crippen LogP contribution in [0.25, 0.3) is 0 Å². The smallest absolute Gasteiger partial charge is 0.191 e. The van der Waals surface area contributed by atoms with Gasteiger partial charge >= 0.3 is 0 Å². The van der Waals surface area contributed by atoms with Crippen LogP contribution in [0.2, 0.25) is 0 Å². The van der Waals surface area contributed by atoms with Gasteiger partial charge in [0.1, 0.15) is 17.7 Å². The van der Waals surface area contributed by atoms with E-state index < -0.39 is 0 Å². The first-order valence-electron chi connectivity index (χ1n) is 7.52. The molecule has 0 aliphatic heterocycles. The highest BCUT2D eigenvalue weighted by Gasteiger charge is 2.06. The van der Waals surface area contributed by atoms with Gasteiger partial charge in [0.05, 0.1) is 6.54 Å². The normalized spacial score (nSPS) is 14.4. The Labute approximate surface area is 126 Å². The topological polar surface area (TPSA) is 45.7 Å². The van der Waals surface area contributed by atoms with Crippen LogP contribution >= 0.6 is 0 Å². The zero-order valence-corrected chi connectivity index (χ0v) is 13.3. The first-order chi connectivity index (χ1) is 10.0. The average Bonchev–Trinajstić information content (AvgIpc) is 2.47. The number of hydrogen-bond acceptors (Lipinski definition) is 2. The number of guanidine groups is 1. The summed E-state index contributed by atoms with van der Waals surface area (Å²) in [6.07, 6.45) is 0.953. The van der Waals surface area contributed by atoms with Crippen LogP contribution in [-0.2, 0) is 0 Å². The monoisotopic (exact) mass is 295 g/mol. The largest absolute Gasteiger partial charge is 0.489 e. The molecule has 4 nitrogen and oxygen atoms in total. The summed E-state index contributed by atoms with van der Waals surface area (Å²) in [4.78, 5) is 4.51. The quantitative estimate of drug-likeness (QED) is 0.600. The Morgan fingerprint density at radius 2 is 1.90 bits per heavy atom. The van der Waals surface area contributed by atoms with Crippen LogP contribution in [0.15, 0.2) is 29.3 Å². The zero-order valence-electron chi connectivity index (χ0n) is 13.3. The minimum atomic E-state index is -0.264. The van der Waals surface area contributed by atoms with Gasteiger partial charge in [0.25, 0.3) is 0 Å². The number of benzene rings is 1. The Morgan fingerprint density at radius 1 is 1.24 bits per heavy atom. The molecule has 0 saturated carbocycles. The maximum absolute atomic E-state index is 12.8. The van der Waals surface area contributed by atoms with Gasteiger partial charge in [-0.05, 0) is 51.5 Å². The Morgan fingerprint density at radius 3 is 2.48 bits per heavy atom. The summed E-state index contributed by atoms with van der Waals surface area (Å²) in [6.45, 7) is 9.57. The van der Waals surface area contributed by atoms with E-state index in [1.54, 1.807) is 12.1 Å². The third kappa shape index (κ3) is 6.97. The van der Waals surface area contributed by atoms with Gasteiger partial charge in [0.2, 0.25) is 0 Å². The van der Waals surface area contributed by atoms with Gasteiger partial charge in [-0.25, -0.2) is 9.38 Å². The highest BCUT2D eigenvalue weighted by atomic mass is 19.1. The molecule has 0 aromatic heterocycles. The fraction of sp³-hybridized carbons (Fsp3) is 0.562. The SMILES string of the molecule is CCNC(=NCC(C)Oc1ccc(F)cc1)NC(C)CC. The van der Waals surface area contributed by atoms with Crippen molar-refractivity contribution < 1.29 is 9.13 Å². The van der Waals surface area contributed by atoms with Crippen LogP contribution in [0.5, 0.6) is 5.75 Å². The lowest BCUT2D eigenvalue weighted by atomic mass is 10.3. The van der Waals surface area contributed by atoms with Gasteiger partial charge in [-0.2, -0.15) is 0 Å². The second kappa shape index (κ2) is 9.21. The molecule has 118 valence electrons. The second-order valence-electron chi connectivity index (χ2n) is 5.06. The van der Waals surface area contributed by atoms with Crippen molar-refractivity contribution in [2.24, 2.45) is 4.99 Å². The predicted octanol–water partition coefficient (Wildman–Crippen LogP) is 2.95. The third-order valence-electron chi connectivity index (χ3n) is 3.00. The predicted molar refractivity (Wildman–Crippen MR) is 85.4 cm³/mol. The van der Waals surface area contributed by atoms with E-state index in [0.29, 0.717) is 18.3 Å². The molecule has 21 heavy (non-hydrogen) atoms. The summed E-state index contributed by atoms with van der Waals surface area (Å²) in [5.74, 6) is 1.18. The number of halogens is 1. The second-order valence-corrected chi connectivity index (χ2v) is 5.06. The van der Waals surface area contributed by atoms with E-state index in [2.05, 4.69) is 29.5 Å². The van der Waals surface area contributed by atoms with E-state index in [1.165, 1.54) is 12.1 Å². The van der Waals surface area contributed by atoms with Gasteiger partial charge in [0, 0.05) is 12.6 Å². The summed E-state index contributed by atoms with van der Waals surface area (Å²) in [6, 6.07) is 6.40. The molecule has 1 aromatic rings. The molecule has 0 heterocycles. The number of hydrogen-bond donors (Lipinski definition) is 2. The van der Waals surface area contributed by atoms with Crippen molar-refractivity contribution in [2.45, 2.75) is 46.3 Å². The standard InChI is InChI=1S/C16H26FN3O/c1-5-12(3)20-16(18-6-2)19-11-13(4)21-15-9-7-14(17)8-10-15/h7-10,12-13H,5-6,11H2,1-4H3,(H2,18,19,20). The minimum absolute atomic E-state index is 0.0807. The lowest BCUT2D eigenvalue weighted by Crippen LogP contribution is -2.42. The van der Waals surface area contributed by atoms with Crippen molar-refractivity contribution in [2.75, 3.05) is 13.1 Å². The van der Waals surface area contributed by atoms with Gasteiger partial charge in [-0.3, -0.25) is 0 Å². The molecule has 0 fully saturated rings. The number of nitrogens with zero attached hydrogens (tertiary/aromatic N) is 1. The van der Waals surface area contributed by atoms with Crippen LogP contribution in [0, 0.1) is 5.82 Å². The molecule has 0 radical (unpaired) electrons. The molecular weight excluding hydrogens is 269 g/mol. The number of nitrogens with one attached hydrogen (secondary N) is 2. The fourth-order valence-electron chi connectivity index (χ4n) is 1.66. The number of ether oxygens (including phenoxy) is 1. The van der Waals surface area contributed by atoms with Crippen LogP contribution < -0.4 is 15.4 Å². The van der Waals surface area contributed by atoms with Crippen molar-refractivity contribution in [1.29, 1.82) is 0 Å². The van der Waals surface area contributed by atoms with Crippen LogP contribution in [-0.4, -0.2) is 31.2 Å². The zero-order chi connectivity index (χ0) is 15.7. The molecule has 0 amide bonds. The Hall–Kier alpha value is -1.78. The minimum Gasteiger partial charge on any atom is -0.489 e. The molecule has 5 heteroatoms. The summed E-state index contributed by atoms with van der Waals surface area (Å²) in [5, 5.41) is 6.54. The maximum Gasteiger partial charge on any atom is 0.191 e. The lowest BCUT2D eigenvalue weighted by molar-refractivity contribution is 0.230. The van der Waals surface area contributed by atoms with E-state index in [-0.39, 0.29) is 11.9 Å². The fourth-order valence-corrected chi connectivity index (χ4v) is 1.66. The summed E-state index contributed by atoms with van der Waals surface area (Å²) < 4.78 is 18.5. The summed E-state index contributed by atoms with van der Waals surface area (Å²) >= 11 is 0. The molecular formula is C16H26FN3O. The van der Waals surface area contributed by atoms with Crippen LogP contribution in [0.3, 0.4) is 0 Å². The lowest BCUT2D eigenvalue weighted by Gasteiger charge is -2.18. The van der Waals surface area contributed by atoms with E-state index in [4.69, 9.17) is 4.74 Å². The molecule has 2 unspecified atom stereocenters. The Balaban J connectivity index is 2.52. The Kier molecular flexibility index (Phi) is 7.58. The third-order valence-corrected chi connectivity index (χ3v) is 3.00. The molecule has 0 aliphatic carbocycles. The number of aliphatic imine (C=N–C) groups is 1. The van der Waals surface area contributed by atoms with Crippen molar-refractivity contribution >= 4 is 5.96 Å². The summed E-state index contributed by atoms with van der Waals surface area (Å²) in [5.41, 5.74) is 0. The first kappa shape index (κ1) is 17.3. The van der Waals surface area contributed by atoms with Crippen LogP contribution in [0.4, 0.5) is 4.39 Å². The Bertz CT molecular complexity index is 434. The molecule has 0 aliphatic rings.